The summed E-state index contributed by atoms with van der Waals surface area (Å²) in [5.41, 5.74) is 0.000823. The molecule has 6 atom stereocenters. The highest BCUT2D eigenvalue weighted by molar-refractivity contribution is 6.73. The molecule has 1 aliphatic heterocycles. The molecule has 5 nitrogen and oxygen atoms in total. The average Bonchev–Trinajstić information content (AvgIpc) is 2.91. The third-order valence-electron chi connectivity index (χ3n) is 8.04. The lowest BCUT2D eigenvalue weighted by atomic mass is 9.47. The Kier molecular flexibility index (Phi) is 5.92. The van der Waals surface area contributed by atoms with Gasteiger partial charge in [0, 0.05) is 18.4 Å². The van der Waals surface area contributed by atoms with Crippen LogP contribution >= 0.6 is 0 Å². The van der Waals surface area contributed by atoms with Crippen LogP contribution in [0.25, 0.3) is 0 Å². The fraction of sp³-hybridized carbons (Fsp3) is 0.864. The second kappa shape index (κ2) is 7.53. The normalized spacial score (nSPS) is 41.6. The van der Waals surface area contributed by atoms with Crippen molar-refractivity contribution in [1.82, 2.24) is 0 Å². The molecule has 1 N–H and O–H groups in total. The summed E-state index contributed by atoms with van der Waals surface area (Å²) in [6.07, 6.45) is 2.05. The topological polar surface area (TPSA) is 65.0 Å². The summed E-state index contributed by atoms with van der Waals surface area (Å²) in [5, 5.41) is 11.2. The Balaban J connectivity index is 2.10. The van der Waals surface area contributed by atoms with Gasteiger partial charge in [0.2, 0.25) is 0 Å². The van der Waals surface area contributed by atoms with Gasteiger partial charge in [-0.25, -0.2) is 0 Å². The highest BCUT2D eigenvalue weighted by Crippen LogP contribution is 2.66. The minimum atomic E-state index is -1.97. The summed E-state index contributed by atoms with van der Waals surface area (Å²) in [4.78, 5) is 13.2. The summed E-state index contributed by atoms with van der Waals surface area (Å²) in [6.45, 7) is 12.8. The summed E-state index contributed by atoms with van der Waals surface area (Å²) < 4.78 is 18.8. The van der Waals surface area contributed by atoms with E-state index in [4.69, 9.17) is 13.9 Å². The van der Waals surface area contributed by atoms with E-state index < -0.39 is 20.0 Å². The van der Waals surface area contributed by atoms with Crippen molar-refractivity contribution in [1.29, 1.82) is 0 Å². The predicted octanol–water partition coefficient (Wildman–Crippen LogP) is 4.06. The summed E-state index contributed by atoms with van der Waals surface area (Å²) in [5.74, 6) is -0.628. The first-order chi connectivity index (χ1) is 13.1. The molecule has 0 radical (unpaired) electrons. The van der Waals surface area contributed by atoms with E-state index in [1.807, 2.05) is 6.92 Å². The van der Waals surface area contributed by atoms with Gasteiger partial charge in [0.15, 0.2) is 8.32 Å². The first kappa shape index (κ1) is 22.0. The van der Waals surface area contributed by atoms with E-state index in [1.165, 1.54) is 0 Å². The quantitative estimate of drug-likeness (QED) is 0.406. The highest BCUT2D eigenvalue weighted by Gasteiger charge is 2.75. The van der Waals surface area contributed by atoms with Crippen LogP contribution in [0.1, 0.15) is 54.4 Å². The lowest BCUT2D eigenvalue weighted by Gasteiger charge is -2.59. The molecular formula is C22H38O5Si. The van der Waals surface area contributed by atoms with Gasteiger partial charge in [-0.1, -0.05) is 46.3 Å². The minimum Gasteiger partial charge on any atom is -0.455 e. The zero-order valence-electron chi connectivity index (χ0n) is 18.6. The zero-order chi connectivity index (χ0) is 20.9. The van der Waals surface area contributed by atoms with Crippen LogP contribution in [-0.2, 0) is 18.7 Å². The number of carbonyl (C=O) groups excluding carboxylic acids is 1. The number of methoxy groups -OCH3 is 1. The molecular weight excluding hydrogens is 372 g/mol. The maximum Gasteiger partial charge on any atom is 0.312 e. The van der Waals surface area contributed by atoms with Crippen molar-refractivity contribution in [2.75, 3.05) is 7.11 Å². The van der Waals surface area contributed by atoms with Crippen LogP contribution in [0.2, 0.25) is 18.1 Å². The van der Waals surface area contributed by atoms with E-state index in [0.717, 1.165) is 30.1 Å². The fourth-order valence-corrected chi connectivity index (χ4v) is 8.96. The fourth-order valence-electron chi connectivity index (χ4n) is 6.10. The molecule has 0 aromatic carbocycles. The molecule has 0 spiro atoms. The molecule has 1 saturated heterocycles. The third kappa shape index (κ3) is 3.02. The monoisotopic (exact) mass is 410 g/mol. The summed E-state index contributed by atoms with van der Waals surface area (Å²) in [6, 6.07) is 3.05. The number of ether oxygens (including phenoxy) is 2. The van der Waals surface area contributed by atoms with E-state index in [-0.39, 0.29) is 35.4 Å². The molecule has 0 unspecified atom stereocenters. The van der Waals surface area contributed by atoms with E-state index in [1.54, 1.807) is 7.11 Å². The second-order valence-corrected chi connectivity index (χ2v) is 14.4. The predicted molar refractivity (Wildman–Crippen MR) is 111 cm³/mol. The van der Waals surface area contributed by atoms with Crippen LogP contribution in [0, 0.1) is 17.3 Å². The maximum absolute atomic E-state index is 13.2. The number of esters is 1. The molecule has 1 saturated carbocycles. The molecule has 0 aromatic rings. The zero-order valence-corrected chi connectivity index (χ0v) is 19.6. The Morgan fingerprint density at radius 3 is 2.36 bits per heavy atom. The van der Waals surface area contributed by atoms with Crippen LogP contribution in [0.5, 0.6) is 0 Å². The third-order valence-corrected chi connectivity index (χ3v) is 12.7. The van der Waals surface area contributed by atoms with Gasteiger partial charge in [-0.05, 0) is 37.9 Å². The van der Waals surface area contributed by atoms with Gasteiger partial charge in [0.05, 0.1) is 18.1 Å². The van der Waals surface area contributed by atoms with Crippen LogP contribution < -0.4 is 0 Å². The van der Waals surface area contributed by atoms with Crippen molar-refractivity contribution in [2.24, 2.45) is 17.3 Å². The van der Waals surface area contributed by atoms with E-state index in [9.17, 15) is 9.90 Å². The molecule has 2 fully saturated rings. The Hall–Kier alpha value is -0.693. The molecule has 0 aromatic heterocycles. The van der Waals surface area contributed by atoms with Crippen LogP contribution in [-0.4, -0.2) is 50.4 Å². The Labute approximate surface area is 170 Å². The Morgan fingerprint density at radius 1 is 1.25 bits per heavy atom. The number of rotatable bonds is 6. The van der Waals surface area contributed by atoms with E-state index in [0.29, 0.717) is 6.42 Å². The molecule has 6 heteroatoms. The number of hydrogen-bond donors (Lipinski definition) is 1. The van der Waals surface area contributed by atoms with E-state index in [2.05, 4.69) is 40.7 Å². The molecule has 160 valence electrons. The van der Waals surface area contributed by atoms with E-state index >= 15 is 0 Å². The van der Waals surface area contributed by atoms with Crippen LogP contribution in [0.4, 0.5) is 0 Å². The van der Waals surface area contributed by atoms with Crippen molar-refractivity contribution >= 4 is 14.3 Å². The molecule has 2 bridgehead atoms. The number of carbonyl (C=O) groups is 1. The molecule has 0 amide bonds. The molecule has 28 heavy (non-hydrogen) atoms. The first-order valence-corrected chi connectivity index (χ1v) is 13.4. The van der Waals surface area contributed by atoms with Crippen molar-refractivity contribution in [3.8, 4) is 0 Å². The summed E-state index contributed by atoms with van der Waals surface area (Å²) >= 11 is 0. The number of hydrogen-bond acceptors (Lipinski definition) is 5. The smallest absolute Gasteiger partial charge is 0.312 e. The average molecular weight is 411 g/mol. The van der Waals surface area contributed by atoms with Crippen LogP contribution in [0.15, 0.2) is 11.6 Å². The van der Waals surface area contributed by atoms with Gasteiger partial charge < -0.3 is 19.0 Å². The first-order valence-electron chi connectivity index (χ1n) is 10.9. The highest BCUT2D eigenvalue weighted by atomic mass is 28.4. The molecule has 3 rings (SSSR count). The van der Waals surface area contributed by atoms with Crippen molar-refractivity contribution in [2.45, 2.75) is 96.4 Å². The lowest BCUT2D eigenvalue weighted by Crippen LogP contribution is -2.68. The van der Waals surface area contributed by atoms with Crippen LogP contribution in [0.3, 0.4) is 0 Å². The van der Waals surface area contributed by atoms with Crippen molar-refractivity contribution in [3.05, 3.63) is 11.6 Å². The molecule has 2 aliphatic carbocycles. The maximum atomic E-state index is 13.2. The SMILES string of the molecule is CC[Si](CC)(CC)O[C@@H]1[C@H]2C(=O)O[C@]3([C@@H]2CC3(C)C)[C@@H](O)C/C(C)=C/[C@H]1OC. The van der Waals surface area contributed by atoms with Gasteiger partial charge in [0.25, 0.3) is 0 Å². The largest absolute Gasteiger partial charge is 0.455 e. The van der Waals surface area contributed by atoms with Crippen molar-refractivity contribution < 1.29 is 23.8 Å². The second-order valence-electron chi connectivity index (χ2n) is 9.69. The number of aliphatic hydroxyl groups is 1. The molecule has 3 aliphatic rings. The lowest BCUT2D eigenvalue weighted by molar-refractivity contribution is -0.239. The molecule has 1 heterocycles. The van der Waals surface area contributed by atoms with Crippen molar-refractivity contribution in [3.63, 3.8) is 0 Å². The standard InChI is InChI=1S/C22H38O5Si/c1-8-28(9-2,10-3)27-19-16(25-7)11-14(4)12-17(23)22-15(13-21(22,5)6)18(19)20(24)26-22/h11,15-19,23H,8-10,12-13H2,1-7H3/b14-11+/t15-,16-,17+,18+,19+,22-/m1/s1. The van der Waals surface area contributed by atoms with Gasteiger partial charge >= 0.3 is 5.97 Å². The number of aliphatic hydroxyl groups excluding tert-OH is 1. The van der Waals surface area contributed by atoms with Gasteiger partial charge in [-0.15, -0.1) is 0 Å². The summed E-state index contributed by atoms with van der Waals surface area (Å²) in [7, 11) is -0.286. The van der Waals surface area contributed by atoms with Gasteiger partial charge in [0.1, 0.15) is 11.7 Å². The Morgan fingerprint density at radius 2 is 1.86 bits per heavy atom. The van der Waals surface area contributed by atoms with Gasteiger partial charge in [-0.2, -0.15) is 0 Å². The Bertz CT molecular complexity index is 633. The minimum absolute atomic E-state index is 0.0239. The van der Waals surface area contributed by atoms with Gasteiger partial charge in [-0.3, -0.25) is 4.79 Å².